The maximum absolute atomic E-state index is 2.28. The summed E-state index contributed by atoms with van der Waals surface area (Å²) < 4.78 is 0. The molecule has 0 saturated heterocycles. The highest BCUT2D eigenvalue weighted by atomic mass is 28.1. The molecule has 0 bridgehead atoms. The van der Waals surface area contributed by atoms with Gasteiger partial charge in [-0.3, -0.25) is 0 Å². The molecule has 0 aliphatic heterocycles. The molecule has 0 aromatic heterocycles. The van der Waals surface area contributed by atoms with Crippen LogP contribution in [0.15, 0.2) is 18.2 Å². The summed E-state index contributed by atoms with van der Waals surface area (Å²) in [4.78, 5) is 0. The van der Waals surface area contributed by atoms with Crippen LogP contribution in [-0.2, 0) is 12.8 Å². The van der Waals surface area contributed by atoms with Crippen molar-refractivity contribution in [3.8, 4) is 0 Å². The Balaban J connectivity index is 3.00. The van der Waals surface area contributed by atoms with Gasteiger partial charge < -0.3 is 0 Å². The topological polar surface area (TPSA) is 0 Å². The molecule has 0 heterocycles. The normalized spacial score (nSPS) is 10.5. The van der Waals surface area contributed by atoms with Crippen molar-refractivity contribution in [3.63, 3.8) is 0 Å². The smallest absolute Gasteiger partial charge is 0.0388 e. The Morgan fingerprint density at radius 1 is 1.25 bits per heavy atom. The number of benzene rings is 1. The number of hydrogen-bond acceptors (Lipinski definition) is 0. The van der Waals surface area contributed by atoms with Crippen LogP contribution in [0.25, 0.3) is 0 Å². The van der Waals surface area contributed by atoms with Gasteiger partial charge in [0.1, 0.15) is 0 Å². The van der Waals surface area contributed by atoms with Gasteiger partial charge in [0.2, 0.25) is 0 Å². The van der Waals surface area contributed by atoms with Crippen molar-refractivity contribution in [1.82, 2.24) is 0 Å². The molecule has 1 heteroatoms. The van der Waals surface area contributed by atoms with Gasteiger partial charge in [-0.15, -0.1) is 0 Å². The van der Waals surface area contributed by atoms with Crippen LogP contribution < -0.4 is 5.19 Å². The van der Waals surface area contributed by atoms with Crippen LogP contribution in [0.5, 0.6) is 0 Å². The fraction of sp³-hybridized carbons (Fsp3) is 0.455. The zero-order chi connectivity index (χ0) is 8.97. The quantitative estimate of drug-likeness (QED) is 0.610. The van der Waals surface area contributed by atoms with Crippen LogP contribution in [0.1, 0.15) is 31.4 Å². The Morgan fingerprint density at radius 3 is 2.58 bits per heavy atom. The van der Waals surface area contributed by atoms with E-state index in [-0.39, 0.29) is 0 Å². The molecule has 0 aliphatic rings. The lowest BCUT2D eigenvalue weighted by Gasteiger charge is -2.09. The van der Waals surface area contributed by atoms with Crippen molar-refractivity contribution in [2.24, 2.45) is 0 Å². The van der Waals surface area contributed by atoms with E-state index in [9.17, 15) is 0 Å². The van der Waals surface area contributed by atoms with Crippen molar-refractivity contribution in [1.29, 1.82) is 0 Å². The van der Waals surface area contributed by atoms with Gasteiger partial charge in [-0.25, -0.2) is 0 Å². The summed E-state index contributed by atoms with van der Waals surface area (Å²) in [6, 6.07) is 6.75. The van der Waals surface area contributed by atoms with Gasteiger partial charge in [0.15, 0.2) is 0 Å². The van der Waals surface area contributed by atoms with Gasteiger partial charge in [-0.05, 0) is 24.0 Å². The van der Waals surface area contributed by atoms with E-state index in [1.165, 1.54) is 29.5 Å². The Hall–Kier alpha value is -0.563. The van der Waals surface area contributed by atoms with Crippen LogP contribution in [0.3, 0.4) is 0 Å². The van der Waals surface area contributed by atoms with Gasteiger partial charge in [0.05, 0.1) is 0 Å². The molecule has 0 unspecified atom stereocenters. The summed E-state index contributed by atoms with van der Waals surface area (Å²) in [5.41, 5.74) is 3.19. The zero-order valence-electron chi connectivity index (χ0n) is 8.35. The highest BCUT2D eigenvalue weighted by Gasteiger charge is 2.01. The molecule has 0 aliphatic carbocycles. The molecule has 12 heavy (non-hydrogen) atoms. The number of aryl methyl sites for hydroxylation is 1. The molecule has 0 saturated carbocycles. The van der Waals surface area contributed by atoms with Gasteiger partial charge in [0, 0.05) is 10.2 Å². The van der Waals surface area contributed by atoms with Crippen molar-refractivity contribution in [2.75, 3.05) is 0 Å². The largest absolute Gasteiger partial charge is 0.0674 e. The molecule has 1 rings (SSSR count). The van der Waals surface area contributed by atoms with E-state index in [0.29, 0.717) is 0 Å². The third-order valence-electron chi connectivity index (χ3n) is 2.38. The molecular weight excluding hydrogens is 160 g/mol. The Bertz CT molecular complexity index is 253. The van der Waals surface area contributed by atoms with Gasteiger partial charge in [-0.2, -0.15) is 0 Å². The fourth-order valence-electron chi connectivity index (χ4n) is 1.77. The average Bonchev–Trinajstić information content (AvgIpc) is 2.05. The van der Waals surface area contributed by atoms with E-state index in [1.54, 1.807) is 16.3 Å². The van der Waals surface area contributed by atoms with Crippen LogP contribution in [-0.4, -0.2) is 10.2 Å². The third-order valence-corrected chi connectivity index (χ3v) is 3.32. The summed E-state index contributed by atoms with van der Waals surface area (Å²) in [5.74, 6) is 0. The fourth-order valence-corrected chi connectivity index (χ4v) is 2.64. The second-order valence-electron chi connectivity index (χ2n) is 3.32. The van der Waals surface area contributed by atoms with Crippen LogP contribution in [0.2, 0.25) is 0 Å². The minimum atomic E-state index is 1.19. The van der Waals surface area contributed by atoms with E-state index < -0.39 is 0 Å². The monoisotopic (exact) mass is 178 g/mol. The third kappa shape index (κ3) is 1.98. The van der Waals surface area contributed by atoms with Crippen molar-refractivity contribution in [2.45, 2.75) is 33.1 Å². The first-order valence-corrected chi connectivity index (χ1v) is 5.87. The molecule has 0 nitrogen and oxygen atoms in total. The van der Waals surface area contributed by atoms with E-state index in [1.807, 2.05) is 0 Å². The van der Waals surface area contributed by atoms with Gasteiger partial charge in [0.25, 0.3) is 0 Å². The lowest BCUT2D eigenvalue weighted by atomic mass is 10.0. The maximum atomic E-state index is 2.28. The first-order valence-electron chi connectivity index (χ1n) is 4.87. The first kappa shape index (κ1) is 9.52. The molecule has 0 radical (unpaired) electrons. The van der Waals surface area contributed by atoms with Crippen molar-refractivity contribution < 1.29 is 0 Å². The standard InChI is InChI=1S/C11H18Si/c1-3-6-9-7-5-8-11(12)10(9)4-2/h5,7-8H,3-4,6H2,1-2,12H3. The highest BCUT2D eigenvalue weighted by molar-refractivity contribution is 6.33. The summed E-state index contributed by atoms with van der Waals surface area (Å²) in [6.45, 7) is 4.51. The molecule has 0 spiro atoms. The van der Waals surface area contributed by atoms with Crippen molar-refractivity contribution in [3.05, 3.63) is 29.3 Å². The molecule has 0 atom stereocenters. The molecule has 1 aromatic carbocycles. The molecule has 0 N–H and O–H groups in total. The van der Waals surface area contributed by atoms with E-state index >= 15 is 0 Å². The van der Waals surface area contributed by atoms with Crippen LogP contribution >= 0.6 is 0 Å². The van der Waals surface area contributed by atoms with Gasteiger partial charge >= 0.3 is 0 Å². The summed E-state index contributed by atoms with van der Waals surface area (Å²) in [6.07, 6.45) is 3.71. The Kier molecular flexibility index (Phi) is 3.54. The second-order valence-corrected chi connectivity index (χ2v) is 4.39. The second kappa shape index (κ2) is 4.46. The molecule has 66 valence electrons. The predicted molar refractivity (Wildman–Crippen MR) is 59.4 cm³/mol. The minimum Gasteiger partial charge on any atom is -0.0674 e. The molecule has 1 aromatic rings. The Morgan fingerprint density at radius 2 is 2.00 bits per heavy atom. The maximum Gasteiger partial charge on any atom is 0.0388 e. The summed E-state index contributed by atoms with van der Waals surface area (Å²) in [7, 11) is 1.19. The lowest BCUT2D eigenvalue weighted by molar-refractivity contribution is 0.902. The average molecular weight is 178 g/mol. The summed E-state index contributed by atoms with van der Waals surface area (Å²) >= 11 is 0. The van der Waals surface area contributed by atoms with Crippen LogP contribution in [0, 0.1) is 0 Å². The van der Waals surface area contributed by atoms with E-state index in [0.717, 1.165) is 0 Å². The van der Waals surface area contributed by atoms with Crippen LogP contribution in [0.4, 0.5) is 0 Å². The minimum absolute atomic E-state index is 1.19. The number of hydrogen-bond donors (Lipinski definition) is 0. The summed E-state index contributed by atoms with van der Waals surface area (Å²) in [5, 5.41) is 1.59. The zero-order valence-corrected chi connectivity index (χ0v) is 10.4. The number of rotatable bonds is 3. The molecule has 0 amide bonds. The highest BCUT2D eigenvalue weighted by Crippen LogP contribution is 2.08. The predicted octanol–water partition coefficient (Wildman–Crippen LogP) is 1.19. The molecular formula is C11H18Si. The SMILES string of the molecule is CCCc1cccc([SiH3])c1CC. The molecule has 0 fully saturated rings. The van der Waals surface area contributed by atoms with E-state index in [2.05, 4.69) is 32.0 Å². The van der Waals surface area contributed by atoms with Gasteiger partial charge in [-0.1, -0.05) is 43.7 Å². The first-order chi connectivity index (χ1) is 5.79. The van der Waals surface area contributed by atoms with Crippen molar-refractivity contribution >= 4 is 15.4 Å². The lowest BCUT2D eigenvalue weighted by Crippen LogP contribution is -2.12. The Labute approximate surface area is 78.4 Å². The van der Waals surface area contributed by atoms with E-state index in [4.69, 9.17) is 0 Å².